The monoisotopic (exact) mass is 334 g/mol. The molecule has 0 atom stereocenters. The van der Waals surface area contributed by atoms with Crippen molar-refractivity contribution in [3.8, 4) is 17.9 Å². The molecule has 3 aromatic carbocycles. The van der Waals surface area contributed by atoms with Crippen molar-refractivity contribution in [1.82, 2.24) is 0 Å². The van der Waals surface area contributed by atoms with Crippen LogP contribution in [0.2, 0.25) is 0 Å². The highest BCUT2D eigenvalue weighted by Crippen LogP contribution is 2.22. The van der Waals surface area contributed by atoms with E-state index in [-0.39, 0.29) is 17.1 Å². The molecule has 0 aliphatic rings. The van der Waals surface area contributed by atoms with Gasteiger partial charge < -0.3 is 4.74 Å². The Bertz CT molecular complexity index is 1320. The van der Waals surface area contributed by atoms with Crippen LogP contribution in [0.4, 0.5) is 0 Å². The average Bonchev–Trinajstić information content (AvgIpc) is 2.69. The molecule has 0 bridgehead atoms. The molecule has 0 saturated heterocycles. The van der Waals surface area contributed by atoms with Crippen LogP contribution in [0.1, 0.15) is 0 Å². The predicted octanol–water partition coefficient (Wildman–Crippen LogP) is 3.10. The molecule has 0 aliphatic carbocycles. The van der Waals surface area contributed by atoms with Crippen LogP contribution in [0.5, 0.6) is 5.75 Å². The van der Waals surface area contributed by atoms with E-state index in [1.165, 1.54) is 7.11 Å². The Kier molecular flexibility index (Phi) is 4.24. The molecular formula is C21H10N4O. The largest absolute Gasteiger partial charge is 0.497 e. The molecule has 5 heteroatoms. The highest BCUT2D eigenvalue weighted by atomic mass is 16.5. The normalized spacial score (nSPS) is 12.3. The molecule has 0 aromatic heterocycles. The molecule has 0 unspecified atom stereocenters. The number of hydrogen-bond acceptors (Lipinski definition) is 3. The van der Waals surface area contributed by atoms with Gasteiger partial charge in [0.25, 0.3) is 11.4 Å². The fraction of sp³-hybridized carbons (Fsp3) is 0.0476. The van der Waals surface area contributed by atoms with Crippen molar-refractivity contribution < 1.29 is 4.74 Å². The zero-order valence-corrected chi connectivity index (χ0v) is 13.7. The number of hydrogen-bond donors (Lipinski definition) is 0. The quantitative estimate of drug-likeness (QED) is 0.507. The number of benzene rings is 3. The molecule has 26 heavy (non-hydrogen) atoms. The van der Waals surface area contributed by atoms with Crippen LogP contribution in [0.15, 0.2) is 42.5 Å². The summed E-state index contributed by atoms with van der Waals surface area (Å²) in [5, 5.41) is 22.6. The minimum Gasteiger partial charge on any atom is -0.497 e. The molecule has 0 spiro atoms. The van der Waals surface area contributed by atoms with Crippen LogP contribution in [0.3, 0.4) is 0 Å². The second-order valence-corrected chi connectivity index (χ2v) is 5.39. The van der Waals surface area contributed by atoms with Crippen LogP contribution >= 0.6 is 0 Å². The number of nitrogens with zero attached hydrogens (tertiary/aromatic N) is 4. The second kappa shape index (κ2) is 6.66. The van der Waals surface area contributed by atoms with Crippen molar-refractivity contribution in [2.45, 2.75) is 0 Å². The second-order valence-electron chi connectivity index (χ2n) is 5.39. The van der Waals surface area contributed by atoms with Gasteiger partial charge in [0.2, 0.25) is 0 Å². The first-order valence-electron chi connectivity index (χ1n) is 7.51. The molecule has 0 saturated carbocycles. The maximum absolute atomic E-state index is 9.38. The third-order valence-corrected chi connectivity index (χ3v) is 4.11. The summed E-state index contributed by atoms with van der Waals surface area (Å²) in [6, 6.07) is 16.7. The third kappa shape index (κ3) is 2.47. The average molecular weight is 334 g/mol. The lowest BCUT2D eigenvalue weighted by Gasteiger charge is -2.10. The van der Waals surface area contributed by atoms with E-state index in [0.29, 0.717) is 21.2 Å². The van der Waals surface area contributed by atoms with Gasteiger partial charge in [-0.15, -0.1) is 0 Å². The maximum atomic E-state index is 9.38. The number of rotatable bonds is 1. The lowest BCUT2D eigenvalue weighted by molar-refractivity contribution is 0.412. The molecule has 0 heterocycles. The van der Waals surface area contributed by atoms with Gasteiger partial charge in [-0.3, -0.25) is 0 Å². The minimum atomic E-state index is -0.102. The van der Waals surface area contributed by atoms with E-state index in [1.807, 2.05) is 48.5 Å². The number of methoxy groups -OCH3 is 1. The van der Waals surface area contributed by atoms with Crippen molar-refractivity contribution in [2.75, 3.05) is 7.11 Å². The van der Waals surface area contributed by atoms with Gasteiger partial charge >= 0.3 is 0 Å². The van der Waals surface area contributed by atoms with Gasteiger partial charge in [0.15, 0.2) is 0 Å². The summed E-state index contributed by atoms with van der Waals surface area (Å²) in [6.07, 6.45) is 0. The first-order valence-corrected chi connectivity index (χ1v) is 7.51. The van der Waals surface area contributed by atoms with E-state index >= 15 is 0 Å². The van der Waals surface area contributed by atoms with E-state index in [1.54, 1.807) is 6.07 Å². The summed E-state index contributed by atoms with van der Waals surface area (Å²) >= 11 is 0. The van der Waals surface area contributed by atoms with Gasteiger partial charge in [-0.25, -0.2) is 20.2 Å². The van der Waals surface area contributed by atoms with Gasteiger partial charge in [-0.1, -0.05) is 24.3 Å². The van der Waals surface area contributed by atoms with E-state index in [9.17, 15) is 10.5 Å². The van der Waals surface area contributed by atoms with E-state index in [4.69, 9.17) is 17.9 Å². The molecule has 3 aromatic rings. The van der Waals surface area contributed by atoms with E-state index < -0.39 is 0 Å². The summed E-state index contributed by atoms with van der Waals surface area (Å²) in [6.45, 7) is 14.6. The Morgan fingerprint density at radius 1 is 0.923 bits per heavy atom. The molecule has 0 N–H and O–H groups in total. The highest BCUT2D eigenvalue weighted by molar-refractivity contribution is 6.01. The molecule has 120 valence electrons. The SMILES string of the molecule is [C-]#[N+]C(C#N)=c1cc(OC)c(=C(C#N)[N+]#[C-])c2cc3ccccc3cc12. The zero-order valence-electron chi connectivity index (χ0n) is 13.7. The predicted molar refractivity (Wildman–Crippen MR) is 98.5 cm³/mol. The van der Waals surface area contributed by atoms with Gasteiger partial charge in [0, 0.05) is 10.4 Å². The van der Waals surface area contributed by atoms with E-state index in [2.05, 4.69) is 9.69 Å². The summed E-state index contributed by atoms with van der Waals surface area (Å²) in [5.41, 5.74) is -0.175. The van der Waals surface area contributed by atoms with Crippen molar-refractivity contribution in [3.63, 3.8) is 0 Å². The van der Waals surface area contributed by atoms with Crippen molar-refractivity contribution in [1.29, 1.82) is 10.5 Å². The first kappa shape index (κ1) is 16.5. The highest BCUT2D eigenvalue weighted by Gasteiger charge is 2.12. The fourth-order valence-electron chi connectivity index (χ4n) is 2.97. The third-order valence-electron chi connectivity index (χ3n) is 4.11. The van der Waals surface area contributed by atoms with Gasteiger partial charge in [-0.2, -0.15) is 0 Å². The standard InChI is InChI=1S/C21H10N4O/c1-24-18(11-22)16-10-20(26-3)21(19(12-23)25-2)17-9-14-7-5-4-6-13(14)8-15(16)17/h4-10H,3H3. The summed E-state index contributed by atoms with van der Waals surface area (Å²) in [7, 11) is 1.43. The lowest BCUT2D eigenvalue weighted by Crippen LogP contribution is -2.18. The van der Waals surface area contributed by atoms with Gasteiger partial charge in [0.05, 0.1) is 32.4 Å². The van der Waals surface area contributed by atoms with Crippen molar-refractivity contribution in [2.24, 2.45) is 0 Å². The Labute approximate surface area is 149 Å². The van der Waals surface area contributed by atoms with Crippen molar-refractivity contribution in [3.05, 3.63) is 75.7 Å². The number of ether oxygens (including phenoxy) is 1. The number of nitriles is 2. The van der Waals surface area contributed by atoms with E-state index in [0.717, 1.165) is 10.8 Å². The molecule has 0 aliphatic heterocycles. The molecule has 5 nitrogen and oxygen atoms in total. The Balaban J connectivity index is 2.82. The molecule has 0 radical (unpaired) electrons. The molecular weight excluding hydrogens is 324 g/mol. The zero-order chi connectivity index (χ0) is 18.7. The Morgan fingerprint density at radius 3 is 2.00 bits per heavy atom. The molecule has 0 fully saturated rings. The van der Waals surface area contributed by atoms with Crippen LogP contribution in [0.25, 0.3) is 42.6 Å². The fourth-order valence-corrected chi connectivity index (χ4v) is 2.97. The van der Waals surface area contributed by atoms with Crippen LogP contribution in [-0.2, 0) is 0 Å². The smallest absolute Gasteiger partial charge is 0.273 e. The van der Waals surface area contributed by atoms with Gasteiger partial charge in [-0.05, 0) is 39.7 Å². The first-order chi connectivity index (χ1) is 12.7. The number of fused-ring (bicyclic) bond motifs is 2. The summed E-state index contributed by atoms with van der Waals surface area (Å²) in [4.78, 5) is 6.64. The molecule has 0 amide bonds. The van der Waals surface area contributed by atoms with Gasteiger partial charge in [0.1, 0.15) is 5.75 Å². The topological polar surface area (TPSA) is 65.5 Å². The Morgan fingerprint density at radius 2 is 1.50 bits per heavy atom. The minimum absolute atomic E-state index is 0.0727. The van der Waals surface area contributed by atoms with Crippen LogP contribution in [-0.4, -0.2) is 7.11 Å². The summed E-state index contributed by atoms with van der Waals surface area (Å²) < 4.78 is 5.39. The van der Waals surface area contributed by atoms with Crippen LogP contribution in [0, 0.1) is 35.8 Å². The van der Waals surface area contributed by atoms with Crippen LogP contribution < -0.4 is 15.2 Å². The summed E-state index contributed by atoms with van der Waals surface area (Å²) in [5.74, 6) is 0.284. The Hall–Kier alpha value is -4.32. The maximum Gasteiger partial charge on any atom is 0.273 e. The lowest BCUT2D eigenvalue weighted by atomic mass is 9.98. The molecule has 3 rings (SSSR count). The van der Waals surface area contributed by atoms with Crippen molar-refractivity contribution >= 4 is 32.9 Å².